The Hall–Kier alpha value is -1.08. The van der Waals surface area contributed by atoms with Crippen LogP contribution in [0.2, 0.25) is 10.0 Å². The van der Waals surface area contributed by atoms with Gasteiger partial charge >= 0.3 is 5.97 Å². The molecule has 1 rings (SSSR count). The summed E-state index contributed by atoms with van der Waals surface area (Å²) in [5.41, 5.74) is 0. The summed E-state index contributed by atoms with van der Waals surface area (Å²) in [7, 11) is -3.62. The van der Waals surface area contributed by atoms with Gasteiger partial charge in [-0.15, -0.1) is 0 Å². The molecule has 2 N–H and O–H groups in total. The second kappa shape index (κ2) is 6.91. The maximum atomic E-state index is 12.0. The van der Waals surface area contributed by atoms with E-state index in [0.717, 1.165) is 6.08 Å². The smallest absolute Gasteiger partial charge is 0.328 e. The van der Waals surface area contributed by atoms with Crippen LogP contribution in [0.3, 0.4) is 0 Å². The van der Waals surface area contributed by atoms with Crippen LogP contribution in [-0.2, 0) is 14.6 Å². The second-order valence-electron chi connectivity index (χ2n) is 3.51. The minimum absolute atomic E-state index is 0.0213. The van der Waals surface area contributed by atoms with Crippen LogP contribution in [0, 0.1) is 0 Å². The SMILES string of the molecule is O=C(O)C=CCNCS(=O)(=O)c1cccc(Cl)c1Cl. The Morgan fingerprint density at radius 3 is 2.68 bits per heavy atom. The molecule has 104 valence electrons. The maximum absolute atomic E-state index is 12.0. The molecule has 0 aromatic heterocycles. The molecule has 19 heavy (non-hydrogen) atoms. The molecule has 0 fully saturated rings. The molecule has 1 aromatic rings. The lowest BCUT2D eigenvalue weighted by Crippen LogP contribution is -2.23. The van der Waals surface area contributed by atoms with E-state index in [1.165, 1.54) is 24.3 Å². The first-order valence-electron chi connectivity index (χ1n) is 5.11. The summed E-state index contributed by atoms with van der Waals surface area (Å²) in [6.45, 7) is 0.115. The summed E-state index contributed by atoms with van der Waals surface area (Å²) < 4.78 is 23.9. The van der Waals surface area contributed by atoms with E-state index in [1.54, 1.807) is 0 Å². The van der Waals surface area contributed by atoms with Crippen molar-refractivity contribution in [2.75, 3.05) is 12.4 Å². The number of hydrogen-bond donors (Lipinski definition) is 2. The lowest BCUT2D eigenvalue weighted by molar-refractivity contribution is -0.131. The Labute approximate surface area is 120 Å². The largest absolute Gasteiger partial charge is 0.478 e. The van der Waals surface area contributed by atoms with Gasteiger partial charge in [-0.05, 0) is 12.1 Å². The van der Waals surface area contributed by atoms with E-state index >= 15 is 0 Å². The van der Waals surface area contributed by atoms with Gasteiger partial charge < -0.3 is 5.11 Å². The van der Waals surface area contributed by atoms with E-state index in [-0.39, 0.29) is 27.4 Å². The predicted octanol–water partition coefficient (Wildman–Crippen LogP) is 1.95. The van der Waals surface area contributed by atoms with Crippen molar-refractivity contribution in [3.63, 3.8) is 0 Å². The topological polar surface area (TPSA) is 83.5 Å². The first-order chi connectivity index (χ1) is 8.84. The van der Waals surface area contributed by atoms with Gasteiger partial charge in [-0.3, -0.25) is 5.32 Å². The number of nitrogens with one attached hydrogen (secondary N) is 1. The lowest BCUT2D eigenvalue weighted by Gasteiger charge is -2.07. The molecular formula is C11H11Cl2NO4S. The van der Waals surface area contributed by atoms with Crippen molar-refractivity contribution in [3.8, 4) is 0 Å². The first kappa shape index (κ1) is 16.0. The Balaban J connectivity index is 2.72. The van der Waals surface area contributed by atoms with Gasteiger partial charge in [0.15, 0.2) is 9.84 Å². The van der Waals surface area contributed by atoms with Crippen molar-refractivity contribution >= 4 is 39.0 Å². The summed E-state index contributed by atoms with van der Waals surface area (Å²) >= 11 is 11.6. The van der Waals surface area contributed by atoms with Crippen LogP contribution >= 0.6 is 23.2 Å². The van der Waals surface area contributed by atoms with Crippen molar-refractivity contribution < 1.29 is 18.3 Å². The minimum Gasteiger partial charge on any atom is -0.478 e. The van der Waals surface area contributed by atoms with Crippen molar-refractivity contribution in [2.24, 2.45) is 0 Å². The quantitative estimate of drug-likeness (QED) is 0.617. The highest BCUT2D eigenvalue weighted by molar-refractivity contribution is 7.91. The molecular weight excluding hydrogens is 313 g/mol. The normalized spacial score (nSPS) is 11.9. The van der Waals surface area contributed by atoms with Gasteiger partial charge in [0.05, 0.1) is 14.9 Å². The van der Waals surface area contributed by atoms with Gasteiger partial charge in [-0.2, -0.15) is 0 Å². The number of halogens is 2. The predicted molar refractivity (Wildman–Crippen MR) is 73.3 cm³/mol. The third-order valence-corrected chi connectivity index (χ3v) is 4.59. The van der Waals surface area contributed by atoms with Crippen LogP contribution < -0.4 is 5.32 Å². The zero-order valence-corrected chi connectivity index (χ0v) is 12.0. The Morgan fingerprint density at radius 2 is 2.05 bits per heavy atom. The summed E-state index contributed by atoms with van der Waals surface area (Å²) in [5.74, 6) is -1.46. The number of benzene rings is 1. The summed E-state index contributed by atoms with van der Waals surface area (Å²) in [6, 6.07) is 4.34. The van der Waals surface area contributed by atoms with Crippen molar-refractivity contribution in [2.45, 2.75) is 4.90 Å². The van der Waals surface area contributed by atoms with Crippen LogP contribution in [0.4, 0.5) is 0 Å². The molecule has 8 heteroatoms. The molecule has 0 aliphatic carbocycles. The van der Waals surface area contributed by atoms with E-state index in [9.17, 15) is 13.2 Å². The summed E-state index contributed by atoms with van der Waals surface area (Å²) in [4.78, 5) is 10.1. The third kappa shape index (κ3) is 4.83. The molecule has 0 aliphatic rings. The molecule has 5 nitrogen and oxygen atoms in total. The Morgan fingerprint density at radius 1 is 1.37 bits per heavy atom. The molecule has 0 spiro atoms. The highest BCUT2D eigenvalue weighted by Crippen LogP contribution is 2.29. The third-order valence-electron chi connectivity index (χ3n) is 2.07. The van der Waals surface area contributed by atoms with Crippen LogP contribution in [0.15, 0.2) is 35.2 Å². The number of hydrogen-bond acceptors (Lipinski definition) is 4. The average molecular weight is 324 g/mol. The van der Waals surface area contributed by atoms with E-state index in [4.69, 9.17) is 28.3 Å². The minimum atomic E-state index is -3.62. The summed E-state index contributed by atoms with van der Waals surface area (Å²) in [6.07, 6.45) is 2.23. The molecule has 0 saturated heterocycles. The number of aliphatic carboxylic acids is 1. The zero-order valence-electron chi connectivity index (χ0n) is 9.64. The van der Waals surface area contributed by atoms with Gasteiger partial charge in [0, 0.05) is 12.6 Å². The van der Waals surface area contributed by atoms with Crippen LogP contribution in [-0.4, -0.2) is 31.9 Å². The highest BCUT2D eigenvalue weighted by atomic mass is 35.5. The second-order valence-corrected chi connectivity index (χ2v) is 6.25. The van der Waals surface area contributed by atoms with Gasteiger partial charge in [-0.1, -0.05) is 35.3 Å². The van der Waals surface area contributed by atoms with Crippen molar-refractivity contribution in [3.05, 3.63) is 40.4 Å². The van der Waals surface area contributed by atoms with Gasteiger partial charge in [-0.25, -0.2) is 13.2 Å². The highest BCUT2D eigenvalue weighted by Gasteiger charge is 2.18. The van der Waals surface area contributed by atoms with Crippen LogP contribution in [0.25, 0.3) is 0 Å². The monoisotopic (exact) mass is 323 g/mol. The van der Waals surface area contributed by atoms with E-state index in [2.05, 4.69) is 5.32 Å². The Bertz CT molecular complexity index is 599. The van der Waals surface area contributed by atoms with Gasteiger partial charge in [0.1, 0.15) is 5.88 Å². The van der Waals surface area contributed by atoms with E-state index in [1.807, 2.05) is 0 Å². The number of carboxylic acid groups (broad SMARTS) is 1. The molecule has 0 unspecified atom stereocenters. The number of rotatable bonds is 6. The fourth-order valence-corrected chi connectivity index (χ4v) is 3.16. The standard InChI is InChI=1S/C11H11Cl2NO4S/c12-8-3-1-4-9(11(8)13)19(17,18)7-14-6-2-5-10(15)16/h1-5,14H,6-7H2,(H,15,16). The summed E-state index contributed by atoms with van der Waals surface area (Å²) in [5, 5.41) is 11.1. The maximum Gasteiger partial charge on any atom is 0.328 e. The fraction of sp³-hybridized carbons (Fsp3) is 0.182. The zero-order chi connectivity index (χ0) is 14.5. The fourth-order valence-electron chi connectivity index (χ4n) is 1.24. The molecule has 0 bridgehead atoms. The van der Waals surface area contributed by atoms with Crippen LogP contribution in [0.5, 0.6) is 0 Å². The van der Waals surface area contributed by atoms with Gasteiger partial charge in [0.25, 0.3) is 0 Å². The van der Waals surface area contributed by atoms with E-state index < -0.39 is 15.8 Å². The lowest BCUT2D eigenvalue weighted by atomic mass is 10.4. The molecule has 0 aliphatic heterocycles. The molecule has 0 amide bonds. The van der Waals surface area contributed by atoms with Crippen LogP contribution in [0.1, 0.15) is 0 Å². The molecule has 0 saturated carbocycles. The Kier molecular flexibility index (Phi) is 5.81. The average Bonchev–Trinajstić information content (AvgIpc) is 2.31. The van der Waals surface area contributed by atoms with Crippen molar-refractivity contribution in [1.29, 1.82) is 0 Å². The number of carboxylic acids is 1. The molecule has 0 heterocycles. The first-order valence-corrected chi connectivity index (χ1v) is 7.52. The molecule has 0 radical (unpaired) electrons. The molecule has 0 atom stereocenters. The van der Waals surface area contributed by atoms with Crippen molar-refractivity contribution in [1.82, 2.24) is 5.32 Å². The number of carbonyl (C=O) groups is 1. The van der Waals surface area contributed by atoms with E-state index in [0.29, 0.717) is 0 Å². The molecule has 1 aromatic carbocycles. The van der Waals surface area contributed by atoms with Gasteiger partial charge in [0.2, 0.25) is 0 Å². The number of sulfone groups is 1.